The van der Waals surface area contributed by atoms with E-state index in [-0.39, 0.29) is 34.7 Å². The van der Waals surface area contributed by atoms with Crippen LogP contribution in [0.25, 0.3) is 0 Å². The summed E-state index contributed by atoms with van der Waals surface area (Å²) in [5, 5.41) is 10.8. The second-order valence-electron chi connectivity index (χ2n) is 7.02. The van der Waals surface area contributed by atoms with Gasteiger partial charge in [0, 0.05) is 29.2 Å². The average molecular weight is 360 g/mol. The van der Waals surface area contributed by atoms with E-state index in [1.54, 1.807) is 6.92 Å². The summed E-state index contributed by atoms with van der Waals surface area (Å²) in [4.78, 5) is 36.5. The molecule has 26 heavy (non-hydrogen) atoms. The molecule has 0 spiro atoms. The SMILES string of the molecule is C=C(C)C(=O)O[C@@H]1[C@H]2C(=C)C(=O)O[C@H]2C[C@@]2(C)OC(=CC2=O)C(=C)[C@@H]1O. The third-order valence-electron chi connectivity index (χ3n) is 4.96. The molecule has 0 aromatic carbocycles. The maximum Gasteiger partial charge on any atom is 0.334 e. The van der Waals surface area contributed by atoms with Crippen molar-refractivity contribution in [2.24, 2.45) is 5.92 Å². The number of rotatable bonds is 2. The van der Waals surface area contributed by atoms with E-state index in [2.05, 4.69) is 19.7 Å². The van der Waals surface area contributed by atoms with Crippen LogP contribution in [0.4, 0.5) is 0 Å². The maximum atomic E-state index is 12.4. The van der Waals surface area contributed by atoms with Gasteiger partial charge in [0.15, 0.2) is 5.60 Å². The van der Waals surface area contributed by atoms with Crippen molar-refractivity contribution in [1.82, 2.24) is 0 Å². The summed E-state index contributed by atoms with van der Waals surface area (Å²) in [5.41, 5.74) is -0.994. The van der Waals surface area contributed by atoms with Gasteiger partial charge in [-0.1, -0.05) is 19.7 Å². The largest absolute Gasteiger partial charge is 0.479 e. The van der Waals surface area contributed by atoms with Crippen molar-refractivity contribution in [1.29, 1.82) is 0 Å². The fraction of sp³-hybridized carbons (Fsp3) is 0.421. The summed E-state index contributed by atoms with van der Waals surface area (Å²) >= 11 is 0. The summed E-state index contributed by atoms with van der Waals surface area (Å²) in [6.07, 6.45) is -2.17. The van der Waals surface area contributed by atoms with E-state index in [9.17, 15) is 19.5 Å². The molecule has 3 aliphatic heterocycles. The molecular weight excluding hydrogens is 340 g/mol. The third kappa shape index (κ3) is 2.68. The molecule has 2 fully saturated rings. The Bertz CT molecular complexity index is 790. The maximum absolute atomic E-state index is 12.4. The summed E-state index contributed by atoms with van der Waals surface area (Å²) in [6.45, 7) is 14.1. The molecule has 0 aromatic heterocycles. The first-order valence-electron chi connectivity index (χ1n) is 8.14. The molecule has 0 aromatic rings. The lowest BCUT2D eigenvalue weighted by molar-refractivity contribution is -0.155. The molecule has 0 amide bonds. The first kappa shape index (κ1) is 18.1. The Labute approximate surface area is 150 Å². The molecular formula is C19H20O7. The van der Waals surface area contributed by atoms with E-state index in [1.807, 2.05) is 0 Å². The molecule has 0 saturated carbocycles. The van der Waals surface area contributed by atoms with Gasteiger partial charge in [-0.05, 0) is 13.8 Å². The topological polar surface area (TPSA) is 99.1 Å². The van der Waals surface area contributed by atoms with Crippen LogP contribution in [-0.2, 0) is 28.6 Å². The van der Waals surface area contributed by atoms with Gasteiger partial charge >= 0.3 is 11.9 Å². The van der Waals surface area contributed by atoms with Gasteiger partial charge in [0.05, 0.1) is 5.92 Å². The number of carbonyl (C=O) groups excluding carboxylic acids is 3. The number of aliphatic hydroxyl groups is 1. The molecule has 1 N–H and O–H groups in total. The van der Waals surface area contributed by atoms with E-state index >= 15 is 0 Å². The van der Waals surface area contributed by atoms with Gasteiger partial charge in [0.1, 0.15) is 24.1 Å². The van der Waals surface area contributed by atoms with Gasteiger partial charge in [-0.3, -0.25) is 4.79 Å². The van der Waals surface area contributed by atoms with E-state index in [0.717, 1.165) is 0 Å². The smallest absolute Gasteiger partial charge is 0.334 e. The third-order valence-corrected chi connectivity index (χ3v) is 4.96. The molecule has 3 rings (SSSR count). The first-order valence-corrected chi connectivity index (χ1v) is 8.14. The Hall–Kier alpha value is -2.67. The minimum atomic E-state index is -1.42. The van der Waals surface area contributed by atoms with Crippen molar-refractivity contribution in [3.05, 3.63) is 48.3 Å². The van der Waals surface area contributed by atoms with Crippen molar-refractivity contribution in [3.63, 3.8) is 0 Å². The number of ether oxygens (including phenoxy) is 3. The monoisotopic (exact) mass is 360 g/mol. The zero-order chi connectivity index (χ0) is 19.4. The van der Waals surface area contributed by atoms with E-state index in [4.69, 9.17) is 14.2 Å². The summed E-state index contributed by atoms with van der Waals surface area (Å²) in [7, 11) is 0. The predicted molar refractivity (Wildman–Crippen MR) is 89.5 cm³/mol. The zero-order valence-electron chi connectivity index (χ0n) is 14.6. The number of carbonyl (C=O) groups is 3. The highest BCUT2D eigenvalue weighted by Gasteiger charge is 2.55. The lowest BCUT2D eigenvalue weighted by atomic mass is 9.80. The standard InChI is InChI=1S/C19H20O7/c1-8(2)17(22)25-16-14-10(4)18(23)24-12(14)7-19(5)13(20)6-11(26-19)9(3)15(16)21/h6,12,14-16,21H,1,3-4,7H2,2,5H3/t12-,14-,15-,16+,19+/m0/s1. The number of hydrogen-bond donors (Lipinski definition) is 1. The van der Waals surface area contributed by atoms with Gasteiger partial charge < -0.3 is 19.3 Å². The zero-order valence-corrected chi connectivity index (χ0v) is 14.6. The minimum Gasteiger partial charge on any atom is -0.479 e. The summed E-state index contributed by atoms with van der Waals surface area (Å²) in [5.74, 6) is -2.43. The highest BCUT2D eigenvalue weighted by atomic mass is 16.6. The second-order valence-corrected chi connectivity index (χ2v) is 7.02. The van der Waals surface area contributed by atoms with Crippen molar-refractivity contribution >= 4 is 17.7 Å². The molecule has 2 bridgehead atoms. The molecule has 5 atom stereocenters. The van der Waals surface area contributed by atoms with E-state index in [0.29, 0.717) is 0 Å². The van der Waals surface area contributed by atoms with Crippen molar-refractivity contribution < 1.29 is 33.7 Å². The molecule has 3 heterocycles. The predicted octanol–water partition coefficient (Wildman–Crippen LogP) is 1.13. The summed E-state index contributed by atoms with van der Waals surface area (Å²) < 4.78 is 16.5. The molecule has 7 nitrogen and oxygen atoms in total. The number of hydrogen-bond acceptors (Lipinski definition) is 7. The Morgan fingerprint density at radius 3 is 2.62 bits per heavy atom. The van der Waals surface area contributed by atoms with Gasteiger partial charge in [-0.2, -0.15) is 0 Å². The number of esters is 2. The van der Waals surface area contributed by atoms with Crippen LogP contribution in [0.3, 0.4) is 0 Å². The molecule has 0 radical (unpaired) electrons. The van der Waals surface area contributed by atoms with Crippen LogP contribution in [-0.4, -0.2) is 46.7 Å². The highest BCUT2D eigenvalue weighted by molar-refractivity contribution is 6.00. The van der Waals surface area contributed by atoms with Crippen LogP contribution >= 0.6 is 0 Å². The van der Waals surface area contributed by atoms with Gasteiger partial charge in [0.25, 0.3) is 0 Å². The summed E-state index contributed by atoms with van der Waals surface area (Å²) in [6, 6.07) is 0. The molecule has 0 unspecified atom stereocenters. The minimum absolute atomic E-state index is 0.0301. The van der Waals surface area contributed by atoms with Crippen LogP contribution in [0.15, 0.2) is 48.3 Å². The van der Waals surface area contributed by atoms with Crippen LogP contribution in [0.2, 0.25) is 0 Å². The van der Waals surface area contributed by atoms with E-state index < -0.39 is 41.8 Å². The molecule has 0 aliphatic carbocycles. The van der Waals surface area contributed by atoms with E-state index in [1.165, 1.54) is 13.0 Å². The fourth-order valence-corrected chi connectivity index (χ4v) is 3.41. The number of fused-ring (bicyclic) bond motifs is 3. The quantitative estimate of drug-likeness (QED) is 0.582. The lowest BCUT2D eigenvalue weighted by Gasteiger charge is -2.31. The Balaban J connectivity index is 2.08. The number of ketones is 1. The van der Waals surface area contributed by atoms with Crippen molar-refractivity contribution in [2.75, 3.05) is 0 Å². The van der Waals surface area contributed by atoms with Crippen molar-refractivity contribution in [3.8, 4) is 0 Å². The fourth-order valence-electron chi connectivity index (χ4n) is 3.41. The van der Waals surface area contributed by atoms with Crippen LogP contribution in [0.5, 0.6) is 0 Å². The Kier molecular flexibility index (Phi) is 4.15. The first-order chi connectivity index (χ1) is 12.0. The normalized spacial score (nSPS) is 36.2. The second kappa shape index (κ2) is 5.95. The molecule has 3 aliphatic rings. The number of aliphatic hydroxyl groups excluding tert-OH is 1. The Morgan fingerprint density at radius 2 is 2.00 bits per heavy atom. The van der Waals surface area contributed by atoms with Gasteiger partial charge in [0.2, 0.25) is 5.78 Å². The van der Waals surface area contributed by atoms with Gasteiger partial charge in [-0.25, -0.2) is 9.59 Å². The highest BCUT2D eigenvalue weighted by Crippen LogP contribution is 2.44. The van der Waals surface area contributed by atoms with Crippen LogP contribution < -0.4 is 0 Å². The van der Waals surface area contributed by atoms with Crippen LogP contribution in [0, 0.1) is 5.92 Å². The van der Waals surface area contributed by atoms with Crippen LogP contribution in [0.1, 0.15) is 20.3 Å². The van der Waals surface area contributed by atoms with Crippen molar-refractivity contribution in [2.45, 2.75) is 44.2 Å². The lowest BCUT2D eigenvalue weighted by Crippen LogP contribution is -2.45. The average Bonchev–Trinajstić information content (AvgIpc) is 3.00. The molecule has 7 heteroatoms. The Morgan fingerprint density at radius 1 is 1.35 bits per heavy atom. The molecule has 2 saturated heterocycles. The van der Waals surface area contributed by atoms with Gasteiger partial charge in [-0.15, -0.1) is 0 Å². The molecule has 138 valence electrons.